The first-order chi connectivity index (χ1) is 12.2. The number of anilines is 2. The molecular weight excluding hydrogens is 336 g/mol. The van der Waals surface area contributed by atoms with Gasteiger partial charge in [0.05, 0.1) is 11.4 Å². The van der Waals surface area contributed by atoms with Gasteiger partial charge in [-0.05, 0) is 60.7 Å². The summed E-state index contributed by atoms with van der Waals surface area (Å²) >= 11 is 5.81. The maximum atomic E-state index is 12.0. The van der Waals surface area contributed by atoms with Crippen molar-refractivity contribution in [3.63, 3.8) is 0 Å². The smallest absolute Gasteiger partial charge is 0.308 e. The van der Waals surface area contributed by atoms with Gasteiger partial charge in [-0.25, -0.2) is 4.79 Å². The van der Waals surface area contributed by atoms with Crippen molar-refractivity contribution in [3.05, 3.63) is 83.9 Å². The van der Waals surface area contributed by atoms with Gasteiger partial charge in [0.15, 0.2) is 0 Å². The topological polar surface area (TPSA) is 65.8 Å². The maximum Gasteiger partial charge on any atom is 0.323 e. The first-order valence-electron chi connectivity index (χ1n) is 7.59. The molecule has 124 valence electrons. The monoisotopic (exact) mass is 350 g/mol. The molecule has 6 heteroatoms. The third-order valence-corrected chi connectivity index (χ3v) is 3.52. The largest absolute Gasteiger partial charge is 0.323 e. The van der Waals surface area contributed by atoms with Crippen LogP contribution in [0.25, 0.3) is 0 Å². The molecule has 0 aromatic heterocycles. The van der Waals surface area contributed by atoms with Crippen molar-refractivity contribution in [2.24, 2.45) is 10.2 Å². The van der Waals surface area contributed by atoms with Crippen LogP contribution in [-0.4, -0.2) is 6.03 Å². The average molecular weight is 351 g/mol. The second kappa shape index (κ2) is 8.08. The number of carbonyl (C=O) groups is 1. The van der Waals surface area contributed by atoms with Gasteiger partial charge in [0, 0.05) is 16.4 Å². The maximum absolute atomic E-state index is 12.0. The molecule has 0 fully saturated rings. The molecule has 0 aliphatic rings. The Labute approximate surface area is 150 Å². The first kappa shape index (κ1) is 16.7. The third kappa shape index (κ3) is 5.16. The minimum atomic E-state index is -0.332. The molecule has 5 nitrogen and oxygen atoms in total. The molecule has 0 unspecified atom stereocenters. The van der Waals surface area contributed by atoms with Crippen LogP contribution in [0.2, 0.25) is 5.02 Å². The van der Waals surface area contributed by atoms with Crippen LogP contribution in [0.4, 0.5) is 27.5 Å². The van der Waals surface area contributed by atoms with Gasteiger partial charge < -0.3 is 10.6 Å². The Bertz CT molecular complexity index is 862. The highest BCUT2D eigenvalue weighted by Crippen LogP contribution is 2.20. The number of azo groups is 1. The van der Waals surface area contributed by atoms with E-state index in [2.05, 4.69) is 20.9 Å². The summed E-state index contributed by atoms with van der Waals surface area (Å²) in [6.45, 7) is 0. The lowest BCUT2D eigenvalue weighted by Gasteiger charge is -2.07. The molecule has 0 spiro atoms. The highest BCUT2D eigenvalue weighted by atomic mass is 35.5. The number of urea groups is 1. The molecule has 0 saturated heterocycles. The Balaban J connectivity index is 1.57. The van der Waals surface area contributed by atoms with Crippen LogP contribution >= 0.6 is 11.6 Å². The van der Waals surface area contributed by atoms with E-state index in [-0.39, 0.29) is 6.03 Å². The SMILES string of the molecule is O=C(Nc1ccc(Cl)cc1)Nc1ccc(N=Nc2ccccc2)cc1. The Kier molecular flexibility index (Phi) is 5.39. The summed E-state index contributed by atoms with van der Waals surface area (Å²) in [5, 5.41) is 14.4. The third-order valence-electron chi connectivity index (χ3n) is 3.26. The van der Waals surface area contributed by atoms with Gasteiger partial charge in [-0.2, -0.15) is 10.2 Å². The molecule has 0 heterocycles. The summed E-state index contributed by atoms with van der Waals surface area (Å²) in [6, 6.07) is 23.1. The Morgan fingerprint density at radius 1 is 0.680 bits per heavy atom. The summed E-state index contributed by atoms with van der Waals surface area (Å²) < 4.78 is 0. The lowest BCUT2D eigenvalue weighted by Crippen LogP contribution is -2.19. The summed E-state index contributed by atoms with van der Waals surface area (Å²) in [5.74, 6) is 0. The van der Waals surface area contributed by atoms with Crippen LogP contribution in [-0.2, 0) is 0 Å². The minimum Gasteiger partial charge on any atom is -0.308 e. The summed E-state index contributed by atoms with van der Waals surface area (Å²) in [5.41, 5.74) is 2.81. The zero-order chi connectivity index (χ0) is 17.5. The Hall–Kier alpha value is -3.18. The first-order valence-corrected chi connectivity index (χ1v) is 7.97. The van der Waals surface area contributed by atoms with Gasteiger partial charge in [0.1, 0.15) is 0 Å². The van der Waals surface area contributed by atoms with Gasteiger partial charge in [0.25, 0.3) is 0 Å². The van der Waals surface area contributed by atoms with Crippen LogP contribution in [0.1, 0.15) is 0 Å². The van der Waals surface area contributed by atoms with Crippen LogP contribution in [0, 0.1) is 0 Å². The van der Waals surface area contributed by atoms with Crippen molar-refractivity contribution in [1.29, 1.82) is 0 Å². The lowest BCUT2D eigenvalue weighted by atomic mass is 10.3. The number of nitrogens with zero attached hydrogens (tertiary/aromatic N) is 2. The van der Waals surface area contributed by atoms with Gasteiger partial charge >= 0.3 is 6.03 Å². The minimum absolute atomic E-state index is 0.332. The number of rotatable bonds is 4. The molecule has 0 atom stereocenters. The van der Waals surface area contributed by atoms with Crippen LogP contribution in [0.3, 0.4) is 0 Å². The number of nitrogens with one attached hydrogen (secondary N) is 2. The molecule has 3 aromatic carbocycles. The van der Waals surface area contributed by atoms with Crippen molar-refractivity contribution in [2.75, 3.05) is 10.6 Å². The van der Waals surface area contributed by atoms with Gasteiger partial charge in [0.2, 0.25) is 0 Å². The van der Waals surface area contributed by atoms with Gasteiger partial charge in [-0.1, -0.05) is 29.8 Å². The molecule has 0 saturated carbocycles. The Morgan fingerprint density at radius 2 is 1.16 bits per heavy atom. The number of hydrogen-bond acceptors (Lipinski definition) is 3. The lowest BCUT2D eigenvalue weighted by molar-refractivity contribution is 0.262. The normalized spacial score (nSPS) is 10.6. The summed E-state index contributed by atoms with van der Waals surface area (Å²) in [6.07, 6.45) is 0. The highest BCUT2D eigenvalue weighted by Gasteiger charge is 2.02. The van der Waals surface area contributed by atoms with Crippen LogP contribution < -0.4 is 10.6 Å². The molecule has 3 aromatic rings. The molecular formula is C19H15ClN4O. The number of hydrogen-bond donors (Lipinski definition) is 2. The van der Waals surface area contributed by atoms with E-state index in [1.54, 1.807) is 48.5 Å². The summed E-state index contributed by atoms with van der Waals surface area (Å²) in [7, 11) is 0. The van der Waals surface area contributed by atoms with E-state index >= 15 is 0 Å². The molecule has 0 bridgehead atoms. The van der Waals surface area contributed by atoms with Gasteiger partial charge in [-0.15, -0.1) is 0 Å². The fraction of sp³-hybridized carbons (Fsp3) is 0. The number of carbonyl (C=O) groups excluding carboxylic acids is 1. The van der Waals surface area contributed by atoms with Crippen molar-refractivity contribution in [2.45, 2.75) is 0 Å². The molecule has 3 rings (SSSR count). The van der Waals surface area contributed by atoms with Crippen molar-refractivity contribution >= 4 is 40.4 Å². The average Bonchev–Trinajstić information content (AvgIpc) is 2.64. The predicted molar refractivity (Wildman–Crippen MR) is 101 cm³/mol. The van der Waals surface area contributed by atoms with E-state index < -0.39 is 0 Å². The van der Waals surface area contributed by atoms with E-state index in [1.165, 1.54) is 0 Å². The van der Waals surface area contributed by atoms with E-state index in [1.807, 2.05) is 30.3 Å². The zero-order valence-electron chi connectivity index (χ0n) is 13.2. The summed E-state index contributed by atoms with van der Waals surface area (Å²) in [4.78, 5) is 12.0. The quantitative estimate of drug-likeness (QED) is 0.525. The highest BCUT2D eigenvalue weighted by molar-refractivity contribution is 6.30. The number of halogens is 1. The van der Waals surface area contributed by atoms with Crippen molar-refractivity contribution in [3.8, 4) is 0 Å². The predicted octanol–water partition coefficient (Wildman–Crippen LogP) is 6.40. The molecule has 0 aliphatic heterocycles. The van der Waals surface area contributed by atoms with Gasteiger partial charge in [-0.3, -0.25) is 0 Å². The standard InChI is InChI=1S/C19H15ClN4O/c20-14-6-8-15(9-7-14)21-19(25)22-16-10-12-18(13-11-16)24-23-17-4-2-1-3-5-17/h1-13H,(H2,21,22,25). The Morgan fingerprint density at radius 3 is 1.72 bits per heavy atom. The second-order valence-electron chi connectivity index (χ2n) is 5.17. The zero-order valence-corrected chi connectivity index (χ0v) is 13.9. The molecule has 25 heavy (non-hydrogen) atoms. The van der Waals surface area contributed by atoms with E-state index in [0.29, 0.717) is 22.1 Å². The fourth-order valence-corrected chi connectivity index (χ4v) is 2.17. The van der Waals surface area contributed by atoms with E-state index in [0.717, 1.165) is 5.69 Å². The molecule has 2 amide bonds. The van der Waals surface area contributed by atoms with Crippen LogP contribution in [0.15, 0.2) is 89.1 Å². The number of benzene rings is 3. The van der Waals surface area contributed by atoms with Crippen molar-refractivity contribution in [1.82, 2.24) is 0 Å². The fourth-order valence-electron chi connectivity index (χ4n) is 2.05. The number of amides is 2. The van der Waals surface area contributed by atoms with E-state index in [9.17, 15) is 4.79 Å². The van der Waals surface area contributed by atoms with Crippen molar-refractivity contribution < 1.29 is 4.79 Å². The molecule has 0 aliphatic carbocycles. The molecule has 0 radical (unpaired) electrons. The molecule has 2 N–H and O–H groups in total. The van der Waals surface area contributed by atoms with Crippen LogP contribution in [0.5, 0.6) is 0 Å². The van der Waals surface area contributed by atoms with E-state index in [4.69, 9.17) is 11.6 Å². The second-order valence-corrected chi connectivity index (χ2v) is 5.60.